The molecule has 0 aliphatic rings. The smallest absolute Gasteiger partial charge is 0.331 e. The molecule has 0 heterocycles. The predicted molar refractivity (Wildman–Crippen MR) is 65.9 cm³/mol. The summed E-state index contributed by atoms with van der Waals surface area (Å²) in [5, 5.41) is 0. The fourth-order valence-corrected chi connectivity index (χ4v) is 1.09. The predicted octanol–water partition coefficient (Wildman–Crippen LogP) is 3.29. The molecular weight excluding hydrogens is 200 g/mol. The van der Waals surface area contributed by atoms with E-state index >= 15 is 0 Å². The molecule has 1 atom stereocenters. The quantitative estimate of drug-likeness (QED) is 0.572. The molecule has 1 unspecified atom stereocenters. The maximum Gasteiger partial charge on any atom is 0.331 e. The molecule has 16 heavy (non-hydrogen) atoms. The van der Waals surface area contributed by atoms with Crippen LogP contribution < -0.4 is 0 Å². The first kappa shape index (κ1) is 12.5. The molecule has 1 rings (SSSR count). The molecule has 2 nitrogen and oxygen atoms in total. The molecule has 0 fully saturated rings. The third-order valence-electron chi connectivity index (χ3n) is 2.45. The summed E-state index contributed by atoms with van der Waals surface area (Å²) in [4.78, 5) is 11.4. The van der Waals surface area contributed by atoms with E-state index in [2.05, 4.69) is 0 Å². The normalized spacial score (nSPS) is 13.0. The summed E-state index contributed by atoms with van der Waals surface area (Å²) in [7, 11) is 0. The molecule has 0 aliphatic carbocycles. The van der Waals surface area contributed by atoms with Crippen LogP contribution in [0.1, 0.15) is 26.3 Å². The van der Waals surface area contributed by atoms with E-state index in [1.54, 1.807) is 6.08 Å². The average molecular weight is 218 g/mol. The Morgan fingerprint density at radius 1 is 1.19 bits per heavy atom. The van der Waals surface area contributed by atoms with Crippen LogP contribution in [-0.2, 0) is 9.53 Å². The monoisotopic (exact) mass is 218 g/mol. The minimum absolute atomic E-state index is 0.0482. The Hall–Kier alpha value is -1.57. The van der Waals surface area contributed by atoms with Crippen LogP contribution in [0, 0.1) is 5.92 Å². The van der Waals surface area contributed by atoms with Crippen molar-refractivity contribution in [3.05, 3.63) is 42.0 Å². The van der Waals surface area contributed by atoms with Crippen molar-refractivity contribution in [1.29, 1.82) is 0 Å². The average Bonchev–Trinajstić information content (AvgIpc) is 2.27. The topological polar surface area (TPSA) is 26.3 Å². The number of ether oxygens (including phenoxy) is 1. The number of benzene rings is 1. The van der Waals surface area contributed by atoms with Gasteiger partial charge in [0.15, 0.2) is 0 Å². The van der Waals surface area contributed by atoms with E-state index < -0.39 is 0 Å². The van der Waals surface area contributed by atoms with Gasteiger partial charge < -0.3 is 4.74 Å². The van der Waals surface area contributed by atoms with Crippen molar-refractivity contribution in [2.45, 2.75) is 26.9 Å². The molecule has 86 valence electrons. The van der Waals surface area contributed by atoms with Crippen molar-refractivity contribution < 1.29 is 9.53 Å². The van der Waals surface area contributed by atoms with E-state index in [1.165, 1.54) is 6.08 Å². The lowest BCUT2D eigenvalue weighted by molar-refractivity contribution is -0.143. The van der Waals surface area contributed by atoms with Crippen LogP contribution >= 0.6 is 0 Å². The zero-order valence-corrected chi connectivity index (χ0v) is 10.0. The maximum atomic E-state index is 11.4. The van der Waals surface area contributed by atoms with Gasteiger partial charge in [0.05, 0.1) is 0 Å². The number of hydrogen-bond acceptors (Lipinski definition) is 2. The number of hydrogen-bond donors (Lipinski definition) is 0. The highest BCUT2D eigenvalue weighted by atomic mass is 16.5. The van der Waals surface area contributed by atoms with E-state index in [0.717, 1.165) is 5.56 Å². The van der Waals surface area contributed by atoms with Gasteiger partial charge in [-0.3, -0.25) is 0 Å². The highest BCUT2D eigenvalue weighted by Crippen LogP contribution is 2.07. The molecule has 2 heteroatoms. The lowest BCUT2D eigenvalue weighted by atomic mass is 10.1. The molecule has 0 spiro atoms. The summed E-state index contributed by atoms with van der Waals surface area (Å²) >= 11 is 0. The van der Waals surface area contributed by atoms with Crippen molar-refractivity contribution in [2.24, 2.45) is 5.92 Å². The van der Waals surface area contributed by atoms with Gasteiger partial charge in [0.2, 0.25) is 0 Å². The molecule has 0 bridgehead atoms. The van der Waals surface area contributed by atoms with Gasteiger partial charge in [0.1, 0.15) is 6.10 Å². The van der Waals surface area contributed by atoms with Crippen LogP contribution in [0.5, 0.6) is 0 Å². The highest BCUT2D eigenvalue weighted by Gasteiger charge is 2.10. The lowest BCUT2D eigenvalue weighted by Gasteiger charge is -2.14. The Kier molecular flexibility index (Phi) is 4.77. The van der Waals surface area contributed by atoms with Crippen molar-refractivity contribution in [2.75, 3.05) is 0 Å². The van der Waals surface area contributed by atoms with Gasteiger partial charge in [0, 0.05) is 6.08 Å². The summed E-state index contributed by atoms with van der Waals surface area (Å²) in [6.07, 6.45) is 3.18. The fraction of sp³-hybridized carbons (Fsp3) is 0.357. The van der Waals surface area contributed by atoms with Crippen LogP contribution in [0.15, 0.2) is 36.4 Å². The zero-order valence-electron chi connectivity index (χ0n) is 10.0. The van der Waals surface area contributed by atoms with E-state index in [-0.39, 0.29) is 12.1 Å². The number of carbonyl (C=O) groups excluding carboxylic acids is 1. The van der Waals surface area contributed by atoms with Crippen LogP contribution in [0.4, 0.5) is 0 Å². The van der Waals surface area contributed by atoms with Crippen LogP contribution in [-0.4, -0.2) is 12.1 Å². The summed E-state index contributed by atoms with van der Waals surface area (Å²) in [6.45, 7) is 5.95. The Balaban J connectivity index is 2.49. The summed E-state index contributed by atoms with van der Waals surface area (Å²) in [5.41, 5.74) is 0.997. The SMILES string of the molecule is CC(C)C(C)OC(=O)/C=C\c1ccccc1. The van der Waals surface area contributed by atoms with Gasteiger partial charge in [-0.25, -0.2) is 4.79 Å². The Morgan fingerprint density at radius 3 is 2.38 bits per heavy atom. The van der Waals surface area contributed by atoms with Crippen LogP contribution in [0.3, 0.4) is 0 Å². The van der Waals surface area contributed by atoms with Gasteiger partial charge in [-0.05, 0) is 24.5 Å². The molecule has 0 saturated carbocycles. The third kappa shape index (κ3) is 4.30. The summed E-state index contributed by atoms with van der Waals surface area (Å²) in [6, 6.07) is 9.69. The highest BCUT2D eigenvalue weighted by molar-refractivity contribution is 5.87. The van der Waals surface area contributed by atoms with Gasteiger partial charge in [-0.1, -0.05) is 44.2 Å². The maximum absolute atomic E-state index is 11.4. The van der Waals surface area contributed by atoms with Crippen molar-refractivity contribution in [3.8, 4) is 0 Å². The van der Waals surface area contributed by atoms with E-state index in [9.17, 15) is 4.79 Å². The largest absolute Gasteiger partial charge is 0.459 e. The molecule has 0 aromatic heterocycles. The molecule has 0 N–H and O–H groups in total. The molecule has 0 radical (unpaired) electrons. The third-order valence-corrected chi connectivity index (χ3v) is 2.45. The Labute approximate surface area is 96.9 Å². The second-order valence-corrected chi connectivity index (χ2v) is 4.13. The number of esters is 1. The molecule has 0 amide bonds. The summed E-state index contributed by atoms with van der Waals surface area (Å²) < 4.78 is 5.21. The van der Waals surface area contributed by atoms with Gasteiger partial charge in [0.25, 0.3) is 0 Å². The van der Waals surface area contributed by atoms with E-state index in [1.807, 2.05) is 51.1 Å². The van der Waals surface area contributed by atoms with Gasteiger partial charge in [-0.2, -0.15) is 0 Å². The number of carbonyl (C=O) groups is 1. The van der Waals surface area contributed by atoms with E-state index in [0.29, 0.717) is 5.92 Å². The summed E-state index contributed by atoms with van der Waals surface area (Å²) in [5.74, 6) is 0.0547. The molecule has 0 aliphatic heterocycles. The minimum atomic E-state index is -0.287. The van der Waals surface area contributed by atoms with Gasteiger partial charge >= 0.3 is 5.97 Å². The standard InChI is InChI=1S/C14H18O2/c1-11(2)12(3)16-14(15)10-9-13-7-5-4-6-8-13/h4-12H,1-3H3/b10-9-. The minimum Gasteiger partial charge on any atom is -0.459 e. The Bertz CT molecular complexity index is 352. The molecule has 1 aromatic carbocycles. The molecular formula is C14H18O2. The van der Waals surface area contributed by atoms with Crippen molar-refractivity contribution in [1.82, 2.24) is 0 Å². The first-order chi connectivity index (χ1) is 7.59. The van der Waals surface area contributed by atoms with Gasteiger partial charge in [-0.15, -0.1) is 0 Å². The first-order valence-corrected chi connectivity index (χ1v) is 5.53. The fourth-order valence-electron chi connectivity index (χ4n) is 1.09. The van der Waals surface area contributed by atoms with Crippen molar-refractivity contribution >= 4 is 12.0 Å². The van der Waals surface area contributed by atoms with E-state index in [4.69, 9.17) is 4.74 Å². The first-order valence-electron chi connectivity index (χ1n) is 5.53. The van der Waals surface area contributed by atoms with Crippen LogP contribution in [0.25, 0.3) is 6.08 Å². The lowest BCUT2D eigenvalue weighted by Crippen LogP contribution is -2.18. The van der Waals surface area contributed by atoms with Crippen molar-refractivity contribution in [3.63, 3.8) is 0 Å². The molecule has 1 aromatic rings. The van der Waals surface area contributed by atoms with Crippen LogP contribution in [0.2, 0.25) is 0 Å². The number of rotatable bonds is 4. The second kappa shape index (κ2) is 6.11. The Morgan fingerprint density at radius 2 is 1.81 bits per heavy atom. The molecule has 0 saturated heterocycles. The zero-order chi connectivity index (χ0) is 12.0. The second-order valence-electron chi connectivity index (χ2n) is 4.13.